The molecule has 0 saturated heterocycles. The van der Waals surface area contributed by atoms with Gasteiger partial charge in [0.2, 0.25) is 0 Å². The molecule has 0 bridgehead atoms. The SMILES string of the molecule is CCCCC(CC)Cn1c2ccc(C)cc2c2cc(-c3ccc4c(c3)c3cc(C)ccc3n4CCCCCBr)ccc21. The minimum absolute atomic E-state index is 0.715. The molecule has 6 rings (SSSR count). The van der Waals surface area contributed by atoms with Crippen LogP contribution in [0.15, 0.2) is 72.8 Å². The second kappa shape index (κ2) is 12.7. The van der Waals surface area contributed by atoms with Gasteiger partial charge < -0.3 is 9.13 Å². The zero-order valence-electron chi connectivity index (χ0n) is 25.8. The predicted molar refractivity (Wildman–Crippen MR) is 188 cm³/mol. The smallest absolute Gasteiger partial charge is 0.0491 e. The van der Waals surface area contributed by atoms with Gasteiger partial charge in [0, 0.05) is 62.0 Å². The van der Waals surface area contributed by atoms with E-state index in [-0.39, 0.29) is 0 Å². The number of hydrogen-bond acceptors (Lipinski definition) is 0. The minimum Gasteiger partial charge on any atom is -0.340 e. The molecule has 2 aromatic heterocycles. The van der Waals surface area contributed by atoms with Crippen molar-refractivity contribution in [3.63, 3.8) is 0 Å². The van der Waals surface area contributed by atoms with Crippen LogP contribution in [0.5, 0.6) is 0 Å². The summed E-state index contributed by atoms with van der Waals surface area (Å²) in [5, 5.41) is 6.59. The number of nitrogens with zero attached hydrogens (tertiary/aromatic N) is 2. The largest absolute Gasteiger partial charge is 0.340 e. The van der Waals surface area contributed by atoms with Crippen LogP contribution in [0.2, 0.25) is 0 Å². The number of rotatable bonds is 12. The molecule has 0 spiro atoms. The second-order valence-electron chi connectivity index (χ2n) is 12.4. The predicted octanol–water partition coefficient (Wildman–Crippen LogP) is 12.0. The molecule has 218 valence electrons. The van der Waals surface area contributed by atoms with Crippen LogP contribution in [0.4, 0.5) is 0 Å². The zero-order valence-corrected chi connectivity index (χ0v) is 27.4. The molecule has 0 N–H and O–H groups in total. The Bertz CT molecular complexity index is 1850. The molecule has 2 nitrogen and oxygen atoms in total. The first-order chi connectivity index (χ1) is 20.5. The maximum absolute atomic E-state index is 3.59. The minimum atomic E-state index is 0.715. The number of unbranched alkanes of at least 4 members (excludes halogenated alkanes) is 3. The molecule has 0 aliphatic rings. The van der Waals surface area contributed by atoms with Gasteiger partial charge in [0.1, 0.15) is 0 Å². The number of halogens is 1. The Labute approximate surface area is 259 Å². The summed E-state index contributed by atoms with van der Waals surface area (Å²) < 4.78 is 5.15. The number of fused-ring (bicyclic) bond motifs is 6. The summed E-state index contributed by atoms with van der Waals surface area (Å²) in [5.41, 5.74) is 10.7. The Morgan fingerprint density at radius 3 is 1.64 bits per heavy atom. The summed E-state index contributed by atoms with van der Waals surface area (Å²) in [6.07, 6.45) is 8.81. The van der Waals surface area contributed by atoms with E-state index in [1.54, 1.807) is 0 Å². The fraction of sp³-hybridized carbons (Fsp3) is 0.385. The molecule has 0 fully saturated rings. The Morgan fingerprint density at radius 1 is 0.595 bits per heavy atom. The van der Waals surface area contributed by atoms with Crippen LogP contribution in [0.25, 0.3) is 54.7 Å². The molecule has 1 atom stereocenters. The maximum atomic E-state index is 3.59. The van der Waals surface area contributed by atoms with E-state index in [0.29, 0.717) is 5.92 Å². The summed E-state index contributed by atoms with van der Waals surface area (Å²) in [5.74, 6) is 0.715. The van der Waals surface area contributed by atoms with E-state index in [1.807, 2.05) is 0 Å². The highest BCUT2D eigenvalue weighted by atomic mass is 79.9. The first-order valence-electron chi connectivity index (χ1n) is 16.1. The quantitative estimate of drug-likeness (QED) is 0.0950. The van der Waals surface area contributed by atoms with Gasteiger partial charge in [0.05, 0.1) is 0 Å². The van der Waals surface area contributed by atoms with Gasteiger partial charge in [-0.25, -0.2) is 0 Å². The van der Waals surface area contributed by atoms with Crippen LogP contribution >= 0.6 is 15.9 Å². The molecular weight excluding hydrogens is 576 g/mol. The van der Waals surface area contributed by atoms with E-state index in [0.717, 1.165) is 18.4 Å². The summed E-state index contributed by atoms with van der Waals surface area (Å²) in [7, 11) is 0. The summed E-state index contributed by atoms with van der Waals surface area (Å²) in [6, 6.07) is 28.3. The van der Waals surface area contributed by atoms with Gasteiger partial charge >= 0.3 is 0 Å². The van der Waals surface area contributed by atoms with Crippen molar-refractivity contribution >= 4 is 59.5 Å². The number of aryl methyl sites for hydroxylation is 3. The molecule has 2 heterocycles. The number of aromatic nitrogens is 2. The van der Waals surface area contributed by atoms with Crippen LogP contribution in [0.3, 0.4) is 0 Å². The maximum Gasteiger partial charge on any atom is 0.0491 e. The van der Waals surface area contributed by atoms with Gasteiger partial charge in [-0.3, -0.25) is 0 Å². The highest BCUT2D eigenvalue weighted by Gasteiger charge is 2.17. The van der Waals surface area contributed by atoms with E-state index < -0.39 is 0 Å². The van der Waals surface area contributed by atoms with Crippen molar-refractivity contribution in [2.75, 3.05) is 5.33 Å². The molecule has 1 unspecified atom stereocenters. The van der Waals surface area contributed by atoms with Crippen molar-refractivity contribution in [2.24, 2.45) is 5.92 Å². The molecule has 42 heavy (non-hydrogen) atoms. The zero-order chi connectivity index (χ0) is 29.2. The van der Waals surface area contributed by atoms with Gasteiger partial charge in [-0.05, 0) is 98.7 Å². The van der Waals surface area contributed by atoms with Gasteiger partial charge in [-0.2, -0.15) is 0 Å². The number of alkyl halides is 1. The van der Waals surface area contributed by atoms with Crippen LogP contribution in [0.1, 0.15) is 69.9 Å². The monoisotopic (exact) mass is 620 g/mol. The van der Waals surface area contributed by atoms with E-state index >= 15 is 0 Å². The second-order valence-corrected chi connectivity index (χ2v) is 13.2. The Balaban J connectivity index is 1.46. The van der Waals surface area contributed by atoms with Crippen molar-refractivity contribution in [1.82, 2.24) is 9.13 Å². The molecule has 3 heteroatoms. The fourth-order valence-electron chi connectivity index (χ4n) is 6.95. The Morgan fingerprint density at radius 2 is 1.12 bits per heavy atom. The highest BCUT2D eigenvalue weighted by Crippen LogP contribution is 2.37. The van der Waals surface area contributed by atoms with Crippen molar-refractivity contribution in [2.45, 2.75) is 85.7 Å². The van der Waals surface area contributed by atoms with Gasteiger partial charge in [-0.15, -0.1) is 0 Å². The van der Waals surface area contributed by atoms with Crippen molar-refractivity contribution in [1.29, 1.82) is 0 Å². The highest BCUT2D eigenvalue weighted by molar-refractivity contribution is 9.09. The lowest BCUT2D eigenvalue weighted by Crippen LogP contribution is -2.10. The molecule has 6 aromatic rings. The summed E-state index contributed by atoms with van der Waals surface area (Å²) in [4.78, 5) is 0. The van der Waals surface area contributed by atoms with Crippen LogP contribution in [-0.4, -0.2) is 14.5 Å². The topological polar surface area (TPSA) is 9.86 Å². The standard InChI is InChI=1S/C39H45BrN2/c1-5-7-11-29(6-2)26-42-38-17-13-28(4)23-33(38)35-25-31(15-19-39(35)42)30-14-18-37-34(24-30)32-22-27(3)12-16-36(32)41(37)21-10-8-9-20-40/h12-19,22-25,29H,5-11,20-21,26H2,1-4H3. The van der Waals surface area contributed by atoms with E-state index in [2.05, 4.69) is 126 Å². The number of benzene rings is 4. The third-order valence-corrected chi connectivity index (χ3v) is 9.93. The summed E-state index contributed by atoms with van der Waals surface area (Å²) >= 11 is 3.59. The Kier molecular flexibility index (Phi) is 8.77. The normalized spacial score (nSPS) is 12.8. The van der Waals surface area contributed by atoms with Crippen molar-refractivity contribution in [3.8, 4) is 11.1 Å². The van der Waals surface area contributed by atoms with E-state index in [4.69, 9.17) is 0 Å². The third kappa shape index (κ3) is 5.53. The lowest BCUT2D eigenvalue weighted by molar-refractivity contribution is 0.401. The molecule has 0 aliphatic heterocycles. The molecule has 0 saturated carbocycles. The Hall–Kier alpha value is -3.04. The van der Waals surface area contributed by atoms with Crippen molar-refractivity contribution < 1.29 is 0 Å². The number of hydrogen-bond donors (Lipinski definition) is 0. The lowest BCUT2D eigenvalue weighted by atomic mass is 9.99. The molecule has 4 aromatic carbocycles. The molecule has 0 amide bonds. The van der Waals surface area contributed by atoms with E-state index in [9.17, 15) is 0 Å². The lowest BCUT2D eigenvalue weighted by Gasteiger charge is -2.17. The van der Waals surface area contributed by atoms with Crippen molar-refractivity contribution in [3.05, 3.63) is 83.9 Å². The van der Waals surface area contributed by atoms with Gasteiger partial charge in [-0.1, -0.05) is 90.9 Å². The van der Waals surface area contributed by atoms with Crippen LogP contribution in [-0.2, 0) is 13.1 Å². The van der Waals surface area contributed by atoms with Crippen LogP contribution in [0, 0.1) is 19.8 Å². The molecule has 0 aliphatic carbocycles. The van der Waals surface area contributed by atoms with Gasteiger partial charge in [0.25, 0.3) is 0 Å². The first kappa shape index (κ1) is 29.1. The van der Waals surface area contributed by atoms with Gasteiger partial charge in [0.15, 0.2) is 0 Å². The molecule has 0 radical (unpaired) electrons. The fourth-order valence-corrected chi connectivity index (χ4v) is 7.35. The first-order valence-corrected chi connectivity index (χ1v) is 17.3. The average molecular weight is 622 g/mol. The van der Waals surface area contributed by atoms with Crippen LogP contribution < -0.4 is 0 Å². The summed E-state index contributed by atoms with van der Waals surface area (Å²) in [6.45, 7) is 11.2. The molecular formula is C39H45BrN2. The van der Waals surface area contributed by atoms with E-state index in [1.165, 1.54) is 111 Å². The average Bonchev–Trinajstić information content (AvgIpc) is 3.47. The third-order valence-electron chi connectivity index (χ3n) is 9.37.